The summed E-state index contributed by atoms with van der Waals surface area (Å²) in [6, 6.07) is 1.30. The Morgan fingerprint density at radius 1 is 1.00 bits per heavy atom. The standard InChI is InChI=1S/C9H23N2P/c1-8(2)11(9(3)4)7-6-10(5)12/h8-9H,6-7,12H2,1-5H3. The molecular formula is C9H23N2P. The lowest BCUT2D eigenvalue weighted by atomic mass is 10.2. The molecule has 0 heterocycles. The molecule has 3 heteroatoms. The van der Waals surface area contributed by atoms with E-state index in [0.717, 1.165) is 13.1 Å². The third-order valence-electron chi connectivity index (χ3n) is 2.04. The summed E-state index contributed by atoms with van der Waals surface area (Å²) in [4.78, 5) is 2.50. The molecule has 0 amide bonds. The maximum atomic E-state index is 2.69. The van der Waals surface area contributed by atoms with Gasteiger partial charge < -0.3 is 0 Å². The average Bonchev–Trinajstić information content (AvgIpc) is 1.84. The van der Waals surface area contributed by atoms with Gasteiger partial charge in [0.2, 0.25) is 0 Å². The normalized spacial score (nSPS) is 12.5. The number of likely N-dealkylation sites (N-methyl/N-ethyl adjacent to an activating group) is 1. The first kappa shape index (κ1) is 12.3. The molecule has 0 aromatic heterocycles. The molecule has 2 nitrogen and oxygen atoms in total. The van der Waals surface area contributed by atoms with E-state index < -0.39 is 0 Å². The van der Waals surface area contributed by atoms with E-state index in [4.69, 9.17) is 0 Å². The third-order valence-corrected chi connectivity index (χ3v) is 2.30. The SMILES string of the molecule is CC(C)N(CCN(C)P)C(C)C. The summed E-state index contributed by atoms with van der Waals surface area (Å²) in [5, 5.41) is 0. The lowest BCUT2D eigenvalue weighted by Gasteiger charge is -2.31. The van der Waals surface area contributed by atoms with Gasteiger partial charge in [-0.25, -0.2) is 0 Å². The van der Waals surface area contributed by atoms with Gasteiger partial charge in [0.15, 0.2) is 0 Å². The van der Waals surface area contributed by atoms with Crippen molar-refractivity contribution in [3.8, 4) is 0 Å². The van der Waals surface area contributed by atoms with Crippen molar-refractivity contribution < 1.29 is 0 Å². The minimum absolute atomic E-state index is 0.648. The lowest BCUT2D eigenvalue weighted by molar-refractivity contribution is 0.169. The Bertz CT molecular complexity index is 105. The van der Waals surface area contributed by atoms with E-state index in [1.165, 1.54) is 0 Å². The maximum absolute atomic E-state index is 2.69. The molecule has 0 spiro atoms. The second kappa shape index (κ2) is 5.90. The molecule has 12 heavy (non-hydrogen) atoms. The highest BCUT2D eigenvalue weighted by Crippen LogP contribution is 2.05. The average molecular weight is 190 g/mol. The molecule has 0 N–H and O–H groups in total. The number of hydrogen-bond donors (Lipinski definition) is 0. The van der Waals surface area contributed by atoms with Crippen LogP contribution in [0.4, 0.5) is 0 Å². The maximum Gasteiger partial charge on any atom is 0.0141 e. The highest BCUT2D eigenvalue weighted by atomic mass is 31.0. The fourth-order valence-corrected chi connectivity index (χ4v) is 1.50. The van der Waals surface area contributed by atoms with E-state index in [1.54, 1.807) is 0 Å². The summed E-state index contributed by atoms with van der Waals surface area (Å²) in [6.45, 7) is 11.3. The van der Waals surface area contributed by atoms with Crippen LogP contribution in [-0.4, -0.2) is 41.8 Å². The molecule has 0 saturated carbocycles. The van der Waals surface area contributed by atoms with Gasteiger partial charge in [0.25, 0.3) is 0 Å². The van der Waals surface area contributed by atoms with Gasteiger partial charge in [-0.3, -0.25) is 9.57 Å². The fourth-order valence-electron chi connectivity index (χ4n) is 1.39. The largest absolute Gasteiger partial charge is 0.297 e. The zero-order valence-electron chi connectivity index (χ0n) is 9.04. The monoisotopic (exact) mass is 190 g/mol. The lowest BCUT2D eigenvalue weighted by Crippen LogP contribution is -2.40. The summed E-state index contributed by atoms with van der Waals surface area (Å²) in [6.07, 6.45) is 0. The topological polar surface area (TPSA) is 6.48 Å². The Hall–Kier alpha value is 0.350. The van der Waals surface area contributed by atoms with Crippen molar-refractivity contribution in [3.63, 3.8) is 0 Å². The van der Waals surface area contributed by atoms with Crippen LogP contribution in [0.5, 0.6) is 0 Å². The molecule has 74 valence electrons. The summed E-state index contributed by atoms with van der Waals surface area (Å²) < 4.78 is 2.15. The molecular weight excluding hydrogens is 167 g/mol. The van der Waals surface area contributed by atoms with Crippen LogP contribution < -0.4 is 0 Å². The van der Waals surface area contributed by atoms with Crippen molar-refractivity contribution in [1.82, 2.24) is 9.57 Å². The molecule has 1 unspecified atom stereocenters. The summed E-state index contributed by atoms with van der Waals surface area (Å²) in [7, 11) is 4.78. The van der Waals surface area contributed by atoms with Crippen molar-refractivity contribution in [2.75, 3.05) is 20.1 Å². The van der Waals surface area contributed by atoms with Crippen LogP contribution >= 0.6 is 9.39 Å². The van der Waals surface area contributed by atoms with Gasteiger partial charge in [0.05, 0.1) is 0 Å². The molecule has 0 fully saturated rings. The van der Waals surface area contributed by atoms with E-state index in [9.17, 15) is 0 Å². The number of rotatable bonds is 5. The van der Waals surface area contributed by atoms with Crippen LogP contribution in [0.1, 0.15) is 27.7 Å². The molecule has 0 radical (unpaired) electrons. The first-order valence-electron chi connectivity index (χ1n) is 4.66. The summed E-state index contributed by atoms with van der Waals surface area (Å²) >= 11 is 0. The van der Waals surface area contributed by atoms with E-state index in [0.29, 0.717) is 12.1 Å². The third kappa shape index (κ3) is 5.08. The van der Waals surface area contributed by atoms with Crippen molar-refractivity contribution in [2.24, 2.45) is 0 Å². The Morgan fingerprint density at radius 3 is 1.67 bits per heavy atom. The van der Waals surface area contributed by atoms with Crippen molar-refractivity contribution >= 4 is 9.39 Å². The predicted octanol–water partition coefficient (Wildman–Crippen LogP) is 1.83. The Kier molecular flexibility index (Phi) is 6.08. The second-order valence-electron chi connectivity index (χ2n) is 3.91. The molecule has 0 aliphatic rings. The van der Waals surface area contributed by atoms with E-state index in [2.05, 4.69) is 53.7 Å². The summed E-state index contributed by atoms with van der Waals surface area (Å²) in [5.74, 6) is 0. The minimum Gasteiger partial charge on any atom is -0.297 e. The van der Waals surface area contributed by atoms with Gasteiger partial charge in [-0.05, 0) is 34.7 Å². The number of hydrogen-bond acceptors (Lipinski definition) is 2. The fraction of sp³-hybridized carbons (Fsp3) is 1.00. The highest BCUT2D eigenvalue weighted by molar-refractivity contribution is 7.13. The Balaban J connectivity index is 3.80. The molecule has 0 aromatic carbocycles. The first-order chi connectivity index (χ1) is 5.45. The van der Waals surface area contributed by atoms with Gasteiger partial charge in [-0.15, -0.1) is 0 Å². The predicted molar refractivity (Wildman–Crippen MR) is 59.3 cm³/mol. The van der Waals surface area contributed by atoms with Crippen LogP contribution in [0.15, 0.2) is 0 Å². The molecule has 0 bridgehead atoms. The van der Waals surface area contributed by atoms with E-state index in [1.807, 2.05) is 0 Å². The molecule has 0 aliphatic heterocycles. The van der Waals surface area contributed by atoms with Crippen LogP contribution in [0.2, 0.25) is 0 Å². The first-order valence-corrected chi connectivity index (χ1v) is 5.18. The van der Waals surface area contributed by atoms with E-state index in [-0.39, 0.29) is 0 Å². The zero-order chi connectivity index (χ0) is 9.72. The zero-order valence-corrected chi connectivity index (χ0v) is 10.2. The van der Waals surface area contributed by atoms with E-state index >= 15 is 0 Å². The quantitative estimate of drug-likeness (QED) is 0.610. The van der Waals surface area contributed by atoms with Crippen LogP contribution in [-0.2, 0) is 0 Å². The van der Waals surface area contributed by atoms with Gasteiger partial charge in [-0.2, -0.15) is 0 Å². The van der Waals surface area contributed by atoms with Crippen LogP contribution in [0, 0.1) is 0 Å². The number of nitrogens with zero attached hydrogens (tertiary/aromatic N) is 2. The Labute approximate surface area is 79.6 Å². The second-order valence-corrected chi connectivity index (χ2v) is 4.79. The summed E-state index contributed by atoms with van der Waals surface area (Å²) in [5.41, 5.74) is 0. The van der Waals surface area contributed by atoms with Gasteiger partial charge in [0, 0.05) is 25.2 Å². The minimum atomic E-state index is 0.648. The van der Waals surface area contributed by atoms with Crippen molar-refractivity contribution in [1.29, 1.82) is 0 Å². The molecule has 0 rings (SSSR count). The molecule has 0 aliphatic carbocycles. The highest BCUT2D eigenvalue weighted by Gasteiger charge is 2.12. The van der Waals surface area contributed by atoms with Crippen LogP contribution in [0.3, 0.4) is 0 Å². The van der Waals surface area contributed by atoms with Crippen molar-refractivity contribution in [3.05, 3.63) is 0 Å². The molecule has 0 saturated heterocycles. The van der Waals surface area contributed by atoms with Crippen LogP contribution in [0.25, 0.3) is 0 Å². The molecule has 0 aromatic rings. The van der Waals surface area contributed by atoms with Gasteiger partial charge in [-0.1, -0.05) is 9.39 Å². The van der Waals surface area contributed by atoms with Crippen molar-refractivity contribution in [2.45, 2.75) is 39.8 Å². The Morgan fingerprint density at radius 2 is 1.42 bits per heavy atom. The van der Waals surface area contributed by atoms with Gasteiger partial charge in [0.1, 0.15) is 0 Å². The smallest absolute Gasteiger partial charge is 0.0141 e. The molecule has 1 atom stereocenters. The van der Waals surface area contributed by atoms with Gasteiger partial charge >= 0.3 is 0 Å².